The third-order valence-corrected chi connectivity index (χ3v) is 16.1. The number of nitrogens with zero attached hydrogens (tertiary/aromatic N) is 17. The summed E-state index contributed by atoms with van der Waals surface area (Å²) in [6.07, 6.45) is 23.2. The summed E-state index contributed by atoms with van der Waals surface area (Å²) in [6.45, 7) is 70.8. The fraction of sp³-hybridized carbons (Fsp3) is 0.590. The zero-order valence-corrected chi connectivity index (χ0v) is 69.4. The van der Waals surface area contributed by atoms with Crippen LogP contribution in [0.5, 0.6) is 0 Å². The van der Waals surface area contributed by atoms with E-state index in [-0.39, 0.29) is 60.7 Å². The fourth-order valence-corrected chi connectivity index (χ4v) is 8.65. The number of nitrogens with one attached hydrogen (secondary N) is 1. The molecule has 9 aromatic heterocycles. The van der Waals surface area contributed by atoms with E-state index in [1.54, 1.807) is 59.2 Å². The van der Waals surface area contributed by atoms with Crippen LogP contribution in [0.2, 0.25) is 0 Å². The van der Waals surface area contributed by atoms with Gasteiger partial charge in [-0.1, -0.05) is 220 Å². The molecule has 1 aliphatic heterocycles. The topological polar surface area (TPSA) is 268 Å². The molecule has 0 unspecified atom stereocenters. The van der Waals surface area contributed by atoms with E-state index in [0.29, 0.717) is 11.9 Å². The zero-order chi connectivity index (χ0) is 77.7. The van der Waals surface area contributed by atoms with E-state index in [1.807, 2.05) is 102 Å². The van der Waals surface area contributed by atoms with E-state index in [2.05, 4.69) is 285 Å². The van der Waals surface area contributed by atoms with Crippen LogP contribution in [0.1, 0.15) is 283 Å². The normalized spacial score (nSPS) is 12.4. The first-order valence-corrected chi connectivity index (χ1v) is 36.1. The summed E-state index contributed by atoms with van der Waals surface area (Å²) < 4.78 is 8.41. The third-order valence-electron chi connectivity index (χ3n) is 13.7. The molecule has 0 saturated heterocycles. The number of thiazole rings is 1. The van der Waals surface area contributed by atoms with Gasteiger partial charge in [-0.3, -0.25) is 44.2 Å². The maximum atomic E-state index is 10.4. The van der Waals surface area contributed by atoms with E-state index in [4.69, 9.17) is 9.52 Å². The van der Waals surface area contributed by atoms with E-state index >= 15 is 0 Å². The van der Waals surface area contributed by atoms with Gasteiger partial charge in [-0.25, -0.2) is 15.0 Å². The Morgan fingerprint density at radius 1 is 0.564 bits per heavy atom. The first kappa shape index (κ1) is 91.1. The van der Waals surface area contributed by atoms with Gasteiger partial charge in [0.2, 0.25) is 12.3 Å². The number of aromatic amines is 1. The SMILES string of the molecule is CC(C)(C)C1=NCC=N1.CC(C)(C)c1cccnc1.CC(C)(C)c1ccn(CC(=O)O)n1.CC(C)(C)c1cnccn1.CC(C)(C)c1nccs1.CC(C)(C)c1ncn[nH]1.CC(C)(C)c1nnco1.CC(C)(C)c1nncs1.CC(C)n1cc(C(C)(C)C)cn1.Cc1ccc(C(C)(C)C)cn1. The second-order valence-electron chi connectivity index (χ2n) is 34.8. The predicted octanol–water partition coefficient (Wildman–Crippen LogP) is 19.1. The molecule has 0 bridgehead atoms. The number of carboxylic acids is 1. The first-order chi connectivity index (χ1) is 46.0. The van der Waals surface area contributed by atoms with E-state index in [0.717, 1.165) is 40.3 Å². The molecule has 0 atom stereocenters. The van der Waals surface area contributed by atoms with Crippen LogP contribution in [0.4, 0.5) is 0 Å². The van der Waals surface area contributed by atoms with Gasteiger partial charge in [0.25, 0.3) is 0 Å². The van der Waals surface area contributed by atoms with Crippen molar-refractivity contribution in [3.05, 3.63) is 171 Å². The molecule has 0 saturated carbocycles. The van der Waals surface area contributed by atoms with Gasteiger partial charge in [0, 0.05) is 117 Å². The molecule has 0 aliphatic carbocycles. The Hall–Kier alpha value is -7.92. The van der Waals surface area contributed by atoms with Gasteiger partial charge < -0.3 is 9.52 Å². The van der Waals surface area contributed by atoms with Gasteiger partial charge in [0.15, 0.2) is 0 Å². The summed E-state index contributed by atoms with van der Waals surface area (Å²) in [5.41, 5.74) is 10.0. The van der Waals surface area contributed by atoms with Crippen molar-refractivity contribution in [3.63, 3.8) is 0 Å². The lowest BCUT2D eigenvalue weighted by Crippen LogP contribution is -2.16. The van der Waals surface area contributed by atoms with Crippen LogP contribution in [-0.2, 0) is 60.1 Å². The Labute approximate surface area is 614 Å². The number of carbonyl (C=O) groups is 1. The van der Waals surface area contributed by atoms with Crippen LogP contribution in [0.25, 0.3) is 0 Å². The maximum absolute atomic E-state index is 10.4. The summed E-state index contributed by atoms with van der Waals surface area (Å²) in [7, 11) is 0. The minimum atomic E-state index is -0.872. The molecule has 558 valence electrons. The van der Waals surface area contributed by atoms with Gasteiger partial charge in [-0.15, -0.1) is 43.1 Å². The highest BCUT2D eigenvalue weighted by molar-refractivity contribution is 7.09. The molecule has 1 aliphatic rings. The Balaban J connectivity index is 0.000000562. The lowest BCUT2D eigenvalue weighted by Gasteiger charge is -2.17. The van der Waals surface area contributed by atoms with Crippen molar-refractivity contribution in [1.29, 1.82) is 0 Å². The maximum Gasteiger partial charge on any atom is 0.325 e. The van der Waals surface area contributed by atoms with Gasteiger partial charge >= 0.3 is 5.97 Å². The number of rotatable bonds is 3. The number of carboxylic acid groups (broad SMARTS) is 1. The number of hydrogen-bond donors (Lipinski definition) is 2. The lowest BCUT2D eigenvalue weighted by atomic mass is 9.88. The van der Waals surface area contributed by atoms with E-state index in [9.17, 15) is 4.79 Å². The van der Waals surface area contributed by atoms with Crippen LogP contribution in [0, 0.1) is 12.3 Å². The van der Waals surface area contributed by atoms with Crippen molar-refractivity contribution in [1.82, 2.24) is 80.1 Å². The highest BCUT2D eigenvalue weighted by Gasteiger charge is 2.23. The molecule has 2 N–H and O–H groups in total. The van der Waals surface area contributed by atoms with Crippen molar-refractivity contribution in [2.75, 3.05) is 6.54 Å². The average molecular weight is 1430 g/mol. The van der Waals surface area contributed by atoms with Crippen LogP contribution in [0.3, 0.4) is 0 Å². The number of aryl methyl sites for hydroxylation is 1. The number of aromatic nitrogens is 16. The number of H-pyrrole nitrogens is 1. The van der Waals surface area contributed by atoms with Crippen molar-refractivity contribution in [3.8, 4) is 0 Å². The Morgan fingerprint density at radius 2 is 1.16 bits per heavy atom. The van der Waals surface area contributed by atoms with E-state index in [1.165, 1.54) is 39.1 Å². The molecule has 9 aromatic rings. The van der Waals surface area contributed by atoms with Crippen molar-refractivity contribution in [2.24, 2.45) is 15.4 Å². The predicted molar refractivity (Wildman–Crippen MR) is 419 cm³/mol. The summed E-state index contributed by atoms with van der Waals surface area (Å²) >= 11 is 3.33. The Morgan fingerprint density at radius 3 is 1.44 bits per heavy atom. The summed E-state index contributed by atoms with van der Waals surface area (Å²) in [5, 5.41) is 42.9. The molecule has 101 heavy (non-hydrogen) atoms. The Bertz CT molecular complexity index is 3450. The summed E-state index contributed by atoms with van der Waals surface area (Å²) in [4.78, 5) is 43.4. The molecule has 0 radical (unpaired) electrons. The quantitative estimate of drug-likeness (QED) is 0.166. The molecule has 10 heterocycles. The second-order valence-corrected chi connectivity index (χ2v) is 36.5. The summed E-state index contributed by atoms with van der Waals surface area (Å²) in [5.74, 6) is 1.72. The minimum absolute atomic E-state index is 0.0174. The van der Waals surface area contributed by atoms with Gasteiger partial charge in [0.05, 0.1) is 29.1 Å². The molecule has 0 spiro atoms. The number of amidine groups is 1. The molecular formula is C78H126N18O3S2. The second kappa shape index (κ2) is 40.1. The average Bonchev–Trinajstić information content (AvgIpc) is 1.79. The lowest BCUT2D eigenvalue weighted by molar-refractivity contribution is -0.137. The van der Waals surface area contributed by atoms with Crippen LogP contribution < -0.4 is 0 Å². The molecule has 21 nitrogen and oxygen atoms in total. The summed E-state index contributed by atoms with van der Waals surface area (Å²) in [6, 6.07) is 10.6. The number of hydrogen-bond acceptors (Lipinski definition) is 19. The monoisotopic (exact) mass is 1430 g/mol. The largest absolute Gasteiger partial charge is 0.480 e. The molecule has 0 amide bonds. The van der Waals surface area contributed by atoms with Gasteiger partial charge in [-0.05, 0) is 71.9 Å². The minimum Gasteiger partial charge on any atom is -0.480 e. The fourth-order valence-electron chi connectivity index (χ4n) is 7.29. The zero-order valence-electron chi connectivity index (χ0n) is 67.7. The van der Waals surface area contributed by atoms with Crippen molar-refractivity contribution >= 4 is 40.7 Å². The molecular weight excluding hydrogens is 1300 g/mol. The highest BCUT2D eigenvalue weighted by Crippen LogP contribution is 2.27. The number of aliphatic carboxylic acids is 1. The van der Waals surface area contributed by atoms with Gasteiger partial charge in [-0.2, -0.15) is 15.3 Å². The molecule has 10 rings (SSSR count). The van der Waals surface area contributed by atoms with E-state index < -0.39 is 5.97 Å². The standard InChI is InChI=1S/C10H18N2.C10H15N.C9H14N2O2.C9H13N.C8H12N2.C7H12N2.C7H11NS.C6H11N3.C6H10N2O.C6H10N2S/c1-8(2)12-7-9(6-11-12)10(3,4)5;1-8-5-6-9(7-11-8)10(2,3)4;1-9(2,3)7-4-5-11(10-7)6-8(12)13;1-9(2,3)8-5-4-6-10-7-8;1-8(2,3)7-6-9-4-5-10-7;2*1-7(2,3)6-8-4-5-9-6;1-6(2,3)5-7-4-8-9-5;2*1-6(2,3)5-8-7-4-9-5/h6-8H,1-5H3;5-7H,1-4H3;4-5H,6H2,1-3H3,(H,12,13);4-7H,1-3H3;4-6H,1-3H3;4H,5H2,1-3H3;4-5H,1-3H3;4H,1-3H3,(H,7,8,9);2*4H,1-3H3. The van der Waals surface area contributed by atoms with Crippen molar-refractivity contribution < 1.29 is 14.3 Å². The number of pyridine rings is 2. The third kappa shape index (κ3) is 38.6. The Kier molecular flexibility index (Phi) is 36.1. The van der Waals surface area contributed by atoms with Crippen LogP contribution >= 0.6 is 22.7 Å². The van der Waals surface area contributed by atoms with Crippen LogP contribution in [-0.4, -0.2) is 110 Å². The molecule has 0 fully saturated rings. The van der Waals surface area contributed by atoms with Crippen LogP contribution in [0.15, 0.2) is 130 Å². The molecule has 23 heteroatoms. The smallest absolute Gasteiger partial charge is 0.325 e. The first-order valence-electron chi connectivity index (χ1n) is 34.3. The number of aliphatic imine (C=N–C) groups is 2. The van der Waals surface area contributed by atoms with Gasteiger partial charge in [0.1, 0.15) is 35.1 Å². The van der Waals surface area contributed by atoms with Crippen molar-refractivity contribution in [2.45, 2.75) is 290 Å². The molecule has 0 aromatic carbocycles. The highest BCUT2D eigenvalue weighted by atomic mass is 32.1.